The van der Waals surface area contributed by atoms with Gasteiger partial charge in [-0.2, -0.15) is 0 Å². The number of halogens is 1. The maximum atomic E-state index is 12.9. The number of amides is 1. The molecule has 1 aliphatic rings. The molecule has 6 heteroatoms. The minimum Gasteiger partial charge on any atom is -0.465 e. The number of rotatable bonds is 3. The maximum Gasteiger partial charge on any atom is 0.340 e. The molecule has 0 saturated carbocycles. The van der Waals surface area contributed by atoms with Crippen LogP contribution in [0.5, 0.6) is 0 Å². The number of nitrogens with zero attached hydrogens (tertiary/aromatic N) is 1. The topological polar surface area (TPSA) is 46.6 Å². The van der Waals surface area contributed by atoms with E-state index in [1.165, 1.54) is 23.3 Å². The van der Waals surface area contributed by atoms with Gasteiger partial charge in [-0.05, 0) is 48.7 Å². The van der Waals surface area contributed by atoms with E-state index in [1.807, 2.05) is 17.5 Å². The van der Waals surface area contributed by atoms with E-state index in [4.69, 9.17) is 16.3 Å². The molecule has 2 aromatic rings. The molecule has 1 aliphatic heterocycles. The molecule has 2 heterocycles. The minimum absolute atomic E-state index is 0.261. The number of carbonyl (C=O) groups is 2. The van der Waals surface area contributed by atoms with Gasteiger partial charge in [0.2, 0.25) is 0 Å². The molecule has 122 valence electrons. The van der Waals surface area contributed by atoms with Gasteiger partial charge >= 0.3 is 5.97 Å². The van der Waals surface area contributed by atoms with Gasteiger partial charge in [0, 0.05) is 21.3 Å². The summed E-state index contributed by atoms with van der Waals surface area (Å²) in [6.45, 7) is 1.73. The van der Waals surface area contributed by atoms with Gasteiger partial charge < -0.3 is 4.74 Å². The molecule has 1 aromatic carbocycles. The zero-order chi connectivity index (χ0) is 17.3. The van der Waals surface area contributed by atoms with Gasteiger partial charge in [0.1, 0.15) is 0 Å². The maximum absolute atomic E-state index is 12.9. The highest BCUT2D eigenvalue weighted by atomic mass is 35.5. The lowest BCUT2D eigenvalue weighted by molar-refractivity contribution is -0.136. The first kappa shape index (κ1) is 16.5. The number of ether oxygens (including phenoxy) is 1. The first-order valence-electron chi connectivity index (χ1n) is 7.17. The lowest BCUT2D eigenvalue weighted by atomic mass is 10.1. The number of anilines is 1. The predicted octanol–water partition coefficient (Wildman–Crippen LogP) is 4.28. The molecule has 3 rings (SSSR count). The zero-order valence-electron chi connectivity index (χ0n) is 13.1. The van der Waals surface area contributed by atoms with Crippen LogP contribution in [0.15, 0.2) is 58.6 Å². The summed E-state index contributed by atoms with van der Waals surface area (Å²) in [4.78, 5) is 27.6. The van der Waals surface area contributed by atoms with Crippen LogP contribution >= 0.6 is 22.9 Å². The van der Waals surface area contributed by atoms with Crippen molar-refractivity contribution in [1.82, 2.24) is 0 Å². The van der Waals surface area contributed by atoms with Gasteiger partial charge in [-0.15, -0.1) is 11.3 Å². The van der Waals surface area contributed by atoms with Crippen molar-refractivity contribution in [3.8, 4) is 0 Å². The van der Waals surface area contributed by atoms with E-state index in [0.29, 0.717) is 22.0 Å². The van der Waals surface area contributed by atoms with E-state index in [0.717, 1.165) is 4.88 Å². The molecule has 0 atom stereocenters. The Morgan fingerprint density at radius 3 is 2.54 bits per heavy atom. The van der Waals surface area contributed by atoms with Crippen LogP contribution in [-0.4, -0.2) is 19.0 Å². The van der Waals surface area contributed by atoms with Crippen LogP contribution in [0.25, 0.3) is 6.08 Å². The number of methoxy groups -OCH3 is 1. The van der Waals surface area contributed by atoms with E-state index in [9.17, 15) is 9.59 Å². The molecule has 0 spiro atoms. The second-order valence-electron chi connectivity index (χ2n) is 5.14. The smallest absolute Gasteiger partial charge is 0.340 e. The highest BCUT2D eigenvalue weighted by Gasteiger charge is 2.37. The largest absolute Gasteiger partial charge is 0.465 e. The fourth-order valence-corrected chi connectivity index (χ4v) is 3.38. The lowest BCUT2D eigenvalue weighted by Gasteiger charge is -2.17. The number of esters is 1. The molecule has 1 aromatic heterocycles. The Bertz CT molecular complexity index is 851. The van der Waals surface area contributed by atoms with E-state index in [-0.39, 0.29) is 11.5 Å². The molecular formula is C18H14ClNO3S. The molecule has 0 aliphatic carbocycles. The molecule has 4 nitrogen and oxygen atoms in total. The highest BCUT2D eigenvalue weighted by molar-refractivity contribution is 7.10. The molecular weight excluding hydrogens is 346 g/mol. The highest BCUT2D eigenvalue weighted by Crippen LogP contribution is 2.36. The number of thiophene rings is 1. The average molecular weight is 360 g/mol. The van der Waals surface area contributed by atoms with Crippen molar-refractivity contribution < 1.29 is 14.3 Å². The molecule has 24 heavy (non-hydrogen) atoms. The standard InChI is InChI=1S/C18H14ClNO3S/c1-11-16(18(22)23-2)15(10-14-4-3-9-24-14)17(21)20(11)13-7-5-12(19)6-8-13/h3-10H,1-2H3/b15-10-. The number of hydrogen-bond donors (Lipinski definition) is 0. The number of hydrogen-bond acceptors (Lipinski definition) is 4. The second kappa shape index (κ2) is 6.63. The van der Waals surface area contributed by atoms with Gasteiger partial charge in [-0.25, -0.2) is 4.79 Å². The van der Waals surface area contributed by atoms with E-state index in [2.05, 4.69) is 0 Å². The quantitative estimate of drug-likeness (QED) is 0.607. The Balaban J connectivity index is 2.12. The van der Waals surface area contributed by atoms with Gasteiger partial charge in [-0.3, -0.25) is 9.69 Å². The van der Waals surface area contributed by atoms with Crippen molar-refractivity contribution in [2.75, 3.05) is 12.0 Å². The summed E-state index contributed by atoms with van der Waals surface area (Å²) in [6.07, 6.45) is 1.72. The summed E-state index contributed by atoms with van der Waals surface area (Å²) in [6, 6.07) is 10.7. The Labute approximate surface area is 148 Å². The van der Waals surface area contributed by atoms with Gasteiger partial charge in [0.15, 0.2) is 0 Å². The SMILES string of the molecule is COC(=O)C1=C(C)N(c2ccc(Cl)cc2)C(=O)/C1=C\c1cccs1. The number of benzene rings is 1. The first-order chi connectivity index (χ1) is 11.5. The summed E-state index contributed by atoms with van der Waals surface area (Å²) < 4.78 is 4.87. The molecule has 0 unspecified atom stereocenters. The fraction of sp³-hybridized carbons (Fsp3) is 0.111. The third-order valence-electron chi connectivity index (χ3n) is 3.70. The van der Waals surface area contributed by atoms with Crippen LogP contribution in [0, 0.1) is 0 Å². The predicted molar refractivity (Wildman–Crippen MR) is 96.0 cm³/mol. The summed E-state index contributed by atoms with van der Waals surface area (Å²) in [5, 5.41) is 2.49. The lowest BCUT2D eigenvalue weighted by Crippen LogP contribution is -2.24. The molecule has 1 amide bonds. The van der Waals surface area contributed by atoms with Crippen LogP contribution < -0.4 is 4.90 Å². The zero-order valence-corrected chi connectivity index (χ0v) is 14.6. The summed E-state index contributed by atoms with van der Waals surface area (Å²) in [7, 11) is 1.31. The Morgan fingerprint density at radius 1 is 1.25 bits per heavy atom. The van der Waals surface area contributed by atoms with Crippen LogP contribution in [0.4, 0.5) is 5.69 Å². The van der Waals surface area contributed by atoms with Crippen molar-refractivity contribution in [2.24, 2.45) is 0 Å². The van der Waals surface area contributed by atoms with E-state index in [1.54, 1.807) is 37.3 Å². The average Bonchev–Trinajstić information content (AvgIpc) is 3.16. The van der Waals surface area contributed by atoms with Gasteiger partial charge in [0.25, 0.3) is 5.91 Å². The van der Waals surface area contributed by atoms with Gasteiger partial charge in [0.05, 0.1) is 18.3 Å². The monoisotopic (exact) mass is 359 g/mol. The Morgan fingerprint density at radius 2 is 1.96 bits per heavy atom. The first-order valence-corrected chi connectivity index (χ1v) is 8.43. The summed E-state index contributed by atoms with van der Waals surface area (Å²) in [5.41, 5.74) is 1.80. The molecule has 0 radical (unpaired) electrons. The molecule has 0 saturated heterocycles. The molecule has 0 N–H and O–H groups in total. The van der Waals surface area contributed by atoms with Crippen LogP contribution in [0.2, 0.25) is 5.02 Å². The van der Waals surface area contributed by atoms with Crippen molar-refractivity contribution in [3.63, 3.8) is 0 Å². The normalized spacial score (nSPS) is 16.2. The van der Waals surface area contributed by atoms with Crippen molar-refractivity contribution in [2.45, 2.75) is 6.92 Å². The Hall–Kier alpha value is -2.37. The van der Waals surface area contributed by atoms with Crippen LogP contribution in [0.3, 0.4) is 0 Å². The van der Waals surface area contributed by atoms with Crippen molar-refractivity contribution >= 4 is 46.6 Å². The third kappa shape index (κ3) is 2.88. The fourth-order valence-electron chi connectivity index (χ4n) is 2.60. The van der Waals surface area contributed by atoms with Gasteiger partial charge in [-0.1, -0.05) is 17.7 Å². The van der Waals surface area contributed by atoms with E-state index >= 15 is 0 Å². The van der Waals surface area contributed by atoms with Crippen molar-refractivity contribution in [1.29, 1.82) is 0 Å². The Kier molecular flexibility index (Phi) is 4.55. The third-order valence-corrected chi connectivity index (χ3v) is 4.78. The number of allylic oxidation sites excluding steroid dienone is 1. The van der Waals surface area contributed by atoms with Crippen molar-refractivity contribution in [3.05, 3.63) is 68.5 Å². The summed E-state index contributed by atoms with van der Waals surface area (Å²) in [5.74, 6) is -0.788. The molecule has 0 bridgehead atoms. The number of carbonyl (C=O) groups excluding carboxylic acids is 2. The molecule has 0 fully saturated rings. The minimum atomic E-state index is -0.528. The van der Waals surface area contributed by atoms with Crippen LogP contribution in [-0.2, 0) is 14.3 Å². The summed E-state index contributed by atoms with van der Waals surface area (Å²) >= 11 is 7.41. The van der Waals surface area contributed by atoms with Crippen LogP contribution in [0.1, 0.15) is 11.8 Å². The van der Waals surface area contributed by atoms with E-state index < -0.39 is 5.97 Å². The second-order valence-corrected chi connectivity index (χ2v) is 6.56.